The number of unbranched alkanes of at least 4 members (excludes halogenated alkanes) is 3. The standard InChI is InChI=1S/C16H21NO4S/c1-11-12(7-9-22-11)13-10-14(18)17(16(13)21)8-5-3-2-4-6-15(19)20/h7,9,12-13H,1-6,8,10H2,(H,19,20). The van der Waals surface area contributed by atoms with Crippen molar-refractivity contribution in [3.8, 4) is 0 Å². The molecule has 0 radical (unpaired) electrons. The van der Waals surface area contributed by atoms with Gasteiger partial charge in [0, 0.05) is 25.3 Å². The van der Waals surface area contributed by atoms with Gasteiger partial charge in [-0.2, -0.15) is 0 Å². The summed E-state index contributed by atoms with van der Waals surface area (Å²) in [6, 6.07) is 0. The fourth-order valence-electron chi connectivity index (χ4n) is 2.88. The summed E-state index contributed by atoms with van der Waals surface area (Å²) in [6.07, 6.45) is 5.43. The summed E-state index contributed by atoms with van der Waals surface area (Å²) in [7, 11) is 0. The summed E-state index contributed by atoms with van der Waals surface area (Å²) in [6.45, 7) is 4.39. The van der Waals surface area contributed by atoms with E-state index in [9.17, 15) is 14.4 Å². The Kier molecular flexibility index (Phi) is 5.83. The first-order valence-corrected chi connectivity index (χ1v) is 8.47. The van der Waals surface area contributed by atoms with E-state index in [0.717, 1.165) is 24.2 Å². The molecule has 0 aromatic carbocycles. The van der Waals surface area contributed by atoms with Gasteiger partial charge < -0.3 is 5.11 Å². The lowest BCUT2D eigenvalue weighted by Crippen LogP contribution is -2.32. The molecule has 2 unspecified atom stereocenters. The number of allylic oxidation sites excluding steroid dienone is 2. The lowest BCUT2D eigenvalue weighted by atomic mass is 9.91. The predicted octanol–water partition coefficient (Wildman–Crippen LogP) is 2.79. The van der Waals surface area contributed by atoms with Crippen LogP contribution in [0.1, 0.15) is 38.5 Å². The van der Waals surface area contributed by atoms with Crippen molar-refractivity contribution in [1.29, 1.82) is 0 Å². The van der Waals surface area contributed by atoms with Crippen LogP contribution in [0, 0.1) is 11.8 Å². The topological polar surface area (TPSA) is 74.7 Å². The van der Waals surface area contributed by atoms with E-state index < -0.39 is 5.97 Å². The molecule has 0 bridgehead atoms. The van der Waals surface area contributed by atoms with Crippen molar-refractivity contribution >= 4 is 29.5 Å². The van der Waals surface area contributed by atoms with E-state index >= 15 is 0 Å². The molecule has 120 valence electrons. The van der Waals surface area contributed by atoms with Crippen LogP contribution in [0.25, 0.3) is 0 Å². The van der Waals surface area contributed by atoms with Gasteiger partial charge in [0.1, 0.15) is 0 Å². The Labute approximate surface area is 134 Å². The zero-order valence-electron chi connectivity index (χ0n) is 12.5. The minimum Gasteiger partial charge on any atom is -0.481 e. The largest absolute Gasteiger partial charge is 0.481 e. The summed E-state index contributed by atoms with van der Waals surface area (Å²) in [5, 5.41) is 10.5. The second-order valence-electron chi connectivity index (χ2n) is 5.69. The fraction of sp³-hybridized carbons (Fsp3) is 0.562. The van der Waals surface area contributed by atoms with Crippen molar-refractivity contribution in [2.75, 3.05) is 6.54 Å². The molecule has 2 heterocycles. The van der Waals surface area contributed by atoms with Gasteiger partial charge in [-0.25, -0.2) is 0 Å². The van der Waals surface area contributed by atoms with Gasteiger partial charge >= 0.3 is 5.97 Å². The quantitative estimate of drug-likeness (QED) is 0.549. The van der Waals surface area contributed by atoms with Gasteiger partial charge in [0.25, 0.3) is 0 Å². The summed E-state index contributed by atoms with van der Waals surface area (Å²) in [4.78, 5) is 37.1. The third-order valence-corrected chi connectivity index (χ3v) is 4.98. The molecule has 2 atom stereocenters. The number of rotatable bonds is 8. The van der Waals surface area contributed by atoms with Gasteiger partial charge in [0.05, 0.1) is 5.92 Å². The van der Waals surface area contributed by atoms with E-state index in [4.69, 9.17) is 5.11 Å². The van der Waals surface area contributed by atoms with Crippen LogP contribution in [0.3, 0.4) is 0 Å². The van der Waals surface area contributed by atoms with Crippen molar-refractivity contribution in [2.45, 2.75) is 38.5 Å². The monoisotopic (exact) mass is 323 g/mol. The van der Waals surface area contributed by atoms with E-state index in [0.29, 0.717) is 13.0 Å². The molecule has 22 heavy (non-hydrogen) atoms. The molecular weight excluding hydrogens is 302 g/mol. The van der Waals surface area contributed by atoms with E-state index in [1.165, 1.54) is 16.7 Å². The van der Waals surface area contributed by atoms with Gasteiger partial charge in [0.15, 0.2) is 0 Å². The van der Waals surface area contributed by atoms with Crippen molar-refractivity contribution in [2.24, 2.45) is 11.8 Å². The summed E-state index contributed by atoms with van der Waals surface area (Å²) in [5.41, 5.74) is 0. The molecule has 6 heteroatoms. The average Bonchev–Trinajstić information content (AvgIpc) is 2.99. The number of likely N-dealkylation sites (tertiary alicyclic amines) is 1. The van der Waals surface area contributed by atoms with Gasteiger partial charge in [-0.05, 0) is 23.2 Å². The molecule has 5 nitrogen and oxygen atoms in total. The normalized spacial score (nSPS) is 24.5. The molecule has 2 aliphatic rings. The highest BCUT2D eigenvalue weighted by Gasteiger charge is 2.43. The number of nitrogens with zero attached hydrogens (tertiary/aromatic N) is 1. The van der Waals surface area contributed by atoms with Crippen molar-refractivity contribution in [3.63, 3.8) is 0 Å². The lowest BCUT2D eigenvalue weighted by molar-refractivity contribution is -0.140. The number of carboxylic acids is 1. The molecule has 1 saturated heterocycles. The SMILES string of the molecule is C=C1SC=CC1C1CC(=O)N(CCCCCCC(=O)O)C1=O. The summed E-state index contributed by atoms with van der Waals surface area (Å²) in [5.74, 6) is -1.29. The highest BCUT2D eigenvalue weighted by atomic mass is 32.2. The number of thioether (sulfide) groups is 1. The average molecular weight is 323 g/mol. The fourth-order valence-corrected chi connectivity index (χ4v) is 3.70. The first-order valence-electron chi connectivity index (χ1n) is 7.59. The molecule has 0 spiro atoms. The Morgan fingerprint density at radius 3 is 2.68 bits per heavy atom. The maximum absolute atomic E-state index is 12.4. The van der Waals surface area contributed by atoms with Crippen LogP contribution in [-0.4, -0.2) is 34.3 Å². The summed E-state index contributed by atoms with van der Waals surface area (Å²) < 4.78 is 0. The van der Waals surface area contributed by atoms with Gasteiger partial charge in [-0.15, -0.1) is 11.8 Å². The molecule has 1 fully saturated rings. The minimum absolute atomic E-state index is 0.0259. The van der Waals surface area contributed by atoms with Gasteiger partial charge in [-0.1, -0.05) is 25.5 Å². The number of hydrogen-bond acceptors (Lipinski definition) is 4. The number of carboxylic acid groups (broad SMARTS) is 1. The van der Waals surface area contributed by atoms with Crippen LogP contribution < -0.4 is 0 Å². The molecule has 0 aromatic rings. The lowest BCUT2D eigenvalue weighted by Gasteiger charge is -2.17. The third-order valence-electron chi connectivity index (χ3n) is 4.11. The second kappa shape index (κ2) is 7.63. The van der Waals surface area contributed by atoms with E-state index in [1.54, 1.807) is 0 Å². The molecule has 2 aliphatic heterocycles. The Morgan fingerprint density at radius 1 is 1.32 bits per heavy atom. The van der Waals surface area contributed by atoms with Gasteiger partial charge in [0.2, 0.25) is 11.8 Å². The van der Waals surface area contributed by atoms with Crippen LogP contribution in [0.15, 0.2) is 23.0 Å². The second-order valence-corrected chi connectivity index (χ2v) is 6.72. The Balaban J connectivity index is 1.76. The van der Waals surface area contributed by atoms with Gasteiger partial charge in [-0.3, -0.25) is 19.3 Å². The molecule has 0 saturated carbocycles. The van der Waals surface area contributed by atoms with Crippen LogP contribution in [0.2, 0.25) is 0 Å². The van der Waals surface area contributed by atoms with E-state index in [-0.39, 0.29) is 36.5 Å². The predicted molar refractivity (Wildman–Crippen MR) is 84.9 cm³/mol. The maximum atomic E-state index is 12.4. The molecule has 2 amide bonds. The van der Waals surface area contributed by atoms with Crippen LogP contribution in [-0.2, 0) is 14.4 Å². The first-order chi connectivity index (χ1) is 10.5. The number of carbonyl (C=O) groups is 3. The van der Waals surface area contributed by atoms with Crippen molar-refractivity contribution < 1.29 is 19.5 Å². The Morgan fingerprint density at radius 2 is 2.05 bits per heavy atom. The number of hydrogen-bond donors (Lipinski definition) is 1. The number of aliphatic carboxylic acids is 1. The van der Waals surface area contributed by atoms with E-state index in [1.807, 2.05) is 11.5 Å². The van der Waals surface area contributed by atoms with Crippen molar-refractivity contribution in [1.82, 2.24) is 4.90 Å². The minimum atomic E-state index is -0.782. The molecule has 1 N–H and O–H groups in total. The number of amides is 2. The van der Waals surface area contributed by atoms with Crippen LogP contribution >= 0.6 is 11.8 Å². The van der Waals surface area contributed by atoms with Crippen LogP contribution in [0.4, 0.5) is 0 Å². The molecular formula is C16H21NO4S. The zero-order chi connectivity index (χ0) is 16.1. The highest BCUT2D eigenvalue weighted by Crippen LogP contribution is 2.41. The first kappa shape index (κ1) is 16.8. The maximum Gasteiger partial charge on any atom is 0.303 e. The summed E-state index contributed by atoms with van der Waals surface area (Å²) >= 11 is 1.52. The van der Waals surface area contributed by atoms with Crippen molar-refractivity contribution in [3.05, 3.63) is 23.0 Å². The number of carbonyl (C=O) groups excluding carboxylic acids is 2. The highest BCUT2D eigenvalue weighted by molar-refractivity contribution is 8.06. The molecule has 2 rings (SSSR count). The smallest absolute Gasteiger partial charge is 0.303 e. The van der Waals surface area contributed by atoms with E-state index in [2.05, 4.69) is 6.58 Å². The van der Waals surface area contributed by atoms with Crippen LogP contribution in [0.5, 0.6) is 0 Å². The Bertz CT molecular complexity index is 514. The molecule has 0 aliphatic carbocycles. The Hall–Kier alpha value is -1.56. The zero-order valence-corrected chi connectivity index (χ0v) is 13.3. The third kappa shape index (κ3) is 4.00. The number of imide groups is 1. The molecule has 0 aromatic heterocycles.